The second kappa shape index (κ2) is 7.01. The van der Waals surface area contributed by atoms with Crippen molar-refractivity contribution in [1.29, 1.82) is 0 Å². The van der Waals surface area contributed by atoms with E-state index in [2.05, 4.69) is 10.4 Å². The Kier molecular flexibility index (Phi) is 5.07. The van der Waals surface area contributed by atoms with Gasteiger partial charge in [0.05, 0.1) is 16.7 Å². The standard InChI is InChI=1S/C15H18N4O4/c1-10(2)14(20)9-16-15(21)13-6-7-18(17-13)11-4-3-5-12(8-11)19(22)23/h3-8,10,14,20H,9H2,1-2H3,(H,16,21). The van der Waals surface area contributed by atoms with Gasteiger partial charge in [0.1, 0.15) is 0 Å². The molecule has 0 radical (unpaired) electrons. The fourth-order valence-electron chi connectivity index (χ4n) is 1.86. The Bertz CT molecular complexity index is 711. The van der Waals surface area contributed by atoms with Crippen molar-refractivity contribution < 1.29 is 14.8 Å². The lowest BCUT2D eigenvalue weighted by atomic mass is 10.1. The third kappa shape index (κ3) is 4.13. The number of carbonyl (C=O) groups excluding carboxylic acids is 1. The highest BCUT2D eigenvalue weighted by Crippen LogP contribution is 2.16. The van der Waals surface area contributed by atoms with Gasteiger partial charge in [0.2, 0.25) is 0 Å². The Labute approximate surface area is 132 Å². The molecule has 0 saturated heterocycles. The molecule has 2 aromatic rings. The number of amides is 1. The molecule has 1 atom stereocenters. The molecule has 1 heterocycles. The van der Waals surface area contributed by atoms with E-state index in [0.29, 0.717) is 5.69 Å². The van der Waals surface area contributed by atoms with Gasteiger partial charge in [-0.05, 0) is 18.1 Å². The van der Waals surface area contributed by atoms with Gasteiger partial charge in [-0.15, -0.1) is 0 Å². The van der Waals surface area contributed by atoms with Gasteiger partial charge < -0.3 is 10.4 Å². The van der Waals surface area contributed by atoms with Crippen molar-refractivity contribution in [2.75, 3.05) is 6.54 Å². The summed E-state index contributed by atoms with van der Waals surface area (Å²) in [5.74, 6) is -0.369. The molecule has 0 aliphatic heterocycles. The number of aliphatic hydroxyl groups excluding tert-OH is 1. The number of rotatable bonds is 6. The number of non-ortho nitro benzene ring substituents is 1. The molecule has 0 saturated carbocycles. The Morgan fingerprint density at radius 1 is 1.43 bits per heavy atom. The number of aliphatic hydroxyl groups is 1. The van der Waals surface area contributed by atoms with Crippen LogP contribution in [0.1, 0.15) is 24.3 Å². The van der Waals surface area contributed by atoms with Crippen LogP contribution in [0, 0.1) is 16.0 Å². The monoisotopic (exact) mass is 318 g/mol. The molecule has 0 spiro atoms. The largest absolute Gasteiger partial charge is 0.391 e. The zero-order chi connectivity index (χ0) is 17.0. The number of aromatic nitrogens is 2. The van der Waals surface area contributed by atoms with E-state index in [0.717, 1.165) is 0 Å². The topological polar surface area (TPSA) is 110 Å². The number of nitrogens with one attached hydrogen (secondary N) is 1. The van der Waals surface area contributed by atoms with Crippen molar-refractivity contribution in [3.05, 3.63) is 52.3 Å². The Balaban J connectivity index is 2.10. The van der Waals surface area contributed by atoms with Crippen LogP contribution in [0.2, 0.25) is 0 Å². The van der Waals surface area contributed by atoms with E-state index < -0.39 is 16.9 Å². The number of benzene rings is 1. The van der Waals surface area contributed by atoms with E-state index in [-0.39, 0.29) is 23.8 Å². The zero-order valence-corrected chi connectivity index (χ0v) is 12.8. The zero-order valence-electron chi connectivity index (χ0n) is 12.8. The van der Waals surface area contributed by atoms with Crippen molar-refractivity contribution >= 4 is 11.6 Å². The van der Waals surface area contributed by atoms with E-state index in [4.69, 9.17) is 0 Å². The smallest absolute Gasteiger partial charge is 0.271 e. The average Bonchev–Trinajstić information content (AvgIpc) is 3.02. The summed E-state index contributed by atoms with van der Waals surface area (Å²) in [7, 11) is 0. The molecule has 1 aromatic heterocycles. The van der Waals surface area contributed by atoms with E-state index in [9.17, 15) is 20.0 Å². The van der Waals surface area contributed by atoms with Crippen molar-refractivity contribution in [3.63, 3.8) is 0 Å². The summed E-state index contributed by atoms with van der Waals surface area (Å²) in [6.07, 6.45) is 0.921. The van der Waals surface area contributed by atoms with E-state index in [1.54, 1.807) is 18.3 Å². The molecular weight excluding hydrogens is 300 g/mol. The van der Waals surface area contributed by atoms with E-state index >= 15 is 0 Å². The number of nitrogens with zero attached hydrogens (tertiary/aromatic N) is 3. The Morgan fingerprint density at radius 3 is 2.83 bits per heavy atom. The molecule has 0 fully saturated rings. The molecule has 1 aromatic carbocycles. The van der Waals surface area contributed by atoms with Crippen LogP contribution in [0.5, 0.6) is 0 Å². The fourth-order valence-corrected chi connectivity index (χ4v) is 1.86. The highest BCUT2D eigenvalue weighted by Gasteiger charge is 2.15. The number of nitro groups is 1. The quantitative estimate of drug-likeness (QED) is 0.620. The van der Waals surface area contributed by atoms with Crippen molar-refractivity contribution in [2.45, 2.75) is 20.0 Å². The second-order valence-corrected chi connectivity index (χ2v) is 5.44. The molecule has 23 heavy (non-hydrogen) atoms. The molecule has 1 unspecified atom stereocenters. The highest BCUT2D eigenvalue weighted by molar-refractivity contribution is 5.92. The normalized spacial score (nSPS) is 12.2. The van der Waals surface area contributed by atoms with Crippen molar-refractivity contribution in [2.24, 2.45) is 5.92 Å². The van der Waals surface area contributed by atoms with Crippen LogP contribution in [0.15, 0.2) is 36.5 Å². The van der Waals surface area contributed by atoms with Gasteiger partial charge >= 0.3 is 0 Å². The minimum atomic E-state index is -0.627. The minimum Gasteiger partial charge on any atom is -0.391 e. The maximum atomic E-state index is 12.0. The summed E-state index contributed by atoms with van der Waals surface area (Å²) in [4.78, 5) is 22.3. The third-order valence-electron chi connectivity index (χ3n) is 3.37. The van der Waals surface area contributed by atoms with Gasteiger partial charge in [-0.3, -0.25) is 14.9 Å². The molecule has 0 bridgehead atoms. The summed E-state index contributed by atoms with van der Waals surface area (Å²) < 4.78 is 1.39. The third-order valence-corrected chi connectivity index (χ3v) is 3.37. The molecule has 0 aliphatic carbocycles. The SMILES string of the molecule is CC(C)C(O)CNC(=O)c1ccn(-c2cccc([N+](=O)[O-])c2)n1. The predicted molar refractivity (Wildman–Crippen MR) is 83.4 cm³/mol. The Hall–Kier alpha value is -2.74. The Morgan fingerprint density at radius 2 is 2.17 bits per heavy atom. The van der Waals surface area contributed by atoms with Crippen LogP contribution in [-0.2, 0) is 0 Å². The predicted octanol–water partition coefficient (Wildman–Crippen LogP) is 1.53. The minimum absolute atomic E-state index is 0.0396. The summed E-state index contributed by atoms with van der Waals surface area (Å²) in [6, 6.07) is 7.47. The lowest BCUT2D eigenvalue weighted by molar-refractivity contribution is -0.384. The maximum absolute atomic E-state index is 12.0. The molecule has 8 nitrogen and oxygen atoms in total. The first-order chi connectivity index (χ1) is 10.9. The lowest BCUT2D eigenvalue weighted by Crippen LogP contribution is -2.34. The van der Waals surface area contributed by atoms with Crippen LogP contribution >= 0.6 is 0 Å². The first kappa shape index (κ1) is 16.6. The number of nitro benzene ring substituents is 1. The number of hydrogen-bond acceptors (Lipinski definition) is 5. The lowest BCUT2D eigenvalue weighted by Gasteiger charge is -2.14. The number of hydrogen-bond donors (Lipinski definition) is 2. The fraction of sp³-hybridized carbons (Fsp3) is 0.333. The maximum Gasteiger partial charge on any atom is 0.271 e. The number of carbonyl (C=O) groups is 1. The van der Waals surface area contributed by atoms with Crippen LogP contribution in [0.25, 0.3) is 5.69 Å². The van der Waals surface area contributed by atoms with E-state index in [1.807, 2.05) is 13.8 Å². The average molecular weight is 318 g/mol. The summed E-state index contributed by atoms with van der Waals surface area (Å²) in [6.45, 7) is 3.85. The van der Waals surface area contributed by atoms with Crippen molar-refractivity contribution in [3.8, 4) is 5.69 Å². The first-order valence-corrected chi connectivity index (χ1v) is 7.15. The summed E-state index contributed by atoms with van der Waals surface area (Å²) >= 11 is 0. The molecule has 2 N–H and O–H groups in total. The second-order valence-electron chi connectivity index (χ2n) is 5.44. The van der Waals surface area contributed by atoms with Crippen LogP contribution in [0.4, 0.5) is 5.69 Å². The molecular formula is C15H18N4O4. The van der Waals surface area contributed by atoms with Crippen LogP contribution in [-0.4, -0.2) is 38.4 Å². The molecule has 2 rings (SSSR count). The summed E-state index contributed by atoms with van der Waals surface area (Å²) in [5, 5.41) is 27.2. The van der Waals surface area contributed by atoms with Gasteiger partial charge in [0.15, 0.2) is 5.69 Å². The van der Waals surface area contributed by atoms with Crippen LogP contribution < -0.4 is 5.32 Å². The molecule has 1 amide bonds. The highest BCUT2D eigenvalue weighted by atomic mass is 16.6. The molecule has 122 valence electrons. The van der Waals surface area contributed by atoms with Gasteiger partial charge in [0, 0.05) is 24.9 Å². The summed E-state index contributed by atoms with van der Waals surface area (Å²) in [5.41, 5.74) is 0.608. The van der Waals surface area contributed by atoms with Gasteiger partial charge in [-0.2, -0.15) is 5.10 Å². The van der Waals surface area contributed by atoms with Crippen LogP contribution in [0.3, 0.4) is 0 Å². The first-order valence-electron chi connectivity index (χ1n) is 7.15. The van der Waals surface area contributed by atoms with Gasteiger partial charge in [-0.1, -0.05) is 19.9 Å². The molecule has 8 heteroatoms. The van der Waals surface area contributed by atoms with Gasteiger partial charge in [0.25, 0.3) is 11.6 Å². The van der Waals surface area contributed by atoms with E-state index in [1.165, 1.54) is 22.9 Å². The van der Waals surface area contributed by atoms with Crippen molar-refractivity contribution in [1.82, 2.24) is 15.1 Å². The molecule has 0 aliphatic rings. The van der Waals surface area contributed by atoms with Gasteiger partial charge in [-0.25, -0.2) is 4.68 Å².